The van der Waals surface area contributed by atoms with Gasteiger partial charge < -0.3 is 10.3 Å². The maximum atomic E-state index is 11.8. The summed E-state index contributed by atoms with van der Waals surface area (Å²) in [7, 11) is 0. The number of H-pyrrole nitrogens is 1. The van der Waals surface area contributed by atoms with Crippen molar-refractivity contribution in [3.63, 3.8) is 0 Å². The molecule has 0 radical (unpaired) electrons. The van der Waals surface area contributed by atoms with E-state index in [9.17, 15) is 4.79 Å². The third kappa shape index (κ3) is 1.76. The quantitative estimate of drug-likeness (QED) is 0.775. The topological polar surface area (TPSA) is 57.8 Å². The summed E-state index contributed by atoms with van der Waals surface area (Å²) in [6.45, 7) is 0.574. The van der Waals surface area contributed by atoms with Crippen LogP contribution in [0.1, 0.15) is 25.0 Å². The highest BCUT2D eigenvalue weighted by atomic mass is 16.1. The lowest BCUT2D eigenvalue weighted by atomic mass is 10.0. The summed E-state index contributed by atoms with van der Waals surface area (Å²) in [5.74, 6) is 2.23. The van der Waals surface area contributed by atoms with Crippen molar-refractivity contribution in [2.24, 2.45) is 17.8 Å². The van der Waals surface area contributed by atoms with Gasteiger partial charge in [0.1, 0.15) is 0 Å². The molecule has 4 nitrogen and oxygen atoms in total. The zero-order valence-electron chi connectivity index (χ0n) is 8.57. The molecule has 2 aliphatic carbocycles. The molecule has 2 saturated carbocycles. The van der Waals surface area contributed by atoms with Crippen LogP contribution in [0.3, 0.4) is 0 Å². The van der Waals surface area contributed by atoms with Gasteiger partial charge in [0.15, 0.2) is 0 Å². The number of hydrogen-bond acceptors (Lipinski definition) is 2. The Morgan fingerprint density at radius 1 is 1.47 bits per heavy atom. The highest BCUT2D eigenvalue weighted by molar-refractivity contribution is 5.79. The Labute approximate surface area is 88.5 Å². The Balaban J connectivity index is 1.49. The van der Waals surface area contributed by atoms with E-state index in [1.165, 1.54) is 6.42 Å². The van der Waals surface area contributed by atoms with Crippen LogP contribution in [0, 0.1) is 17.8 Å². The molecule has 0 saturated heterocycles. The third-order valence-electron chi connectivity index (χ3n) is 3.62. The zero-order valence-corrected chi connectivity index (χ0v) is 8.57. The van der Waals surface area contributed by atoms with Crippen molar-refractivity contribution >= 4 is 5.91 Å². The monoisotopic (exact) mass is 205 g/mol. The van der Waals surface area contributed by atoms with Gasteiger partial charge in [-0.1, -0.05) is 0 Å². The zero-order chi connectivity index (χ0) is 10.3. The maximum absolute atomic E-state index is 11.8. The minimum absolute atomic E-state index is 0.219. The fourth-order valence-corrected chi connectivity index (χ4v) is 2.64. The highest BCUT2D eigenvalue weighted by Gasteiger charge is 2.47. The van der Waals surface area contributed by atoms with Crippen molar-refractivity contribution < 1.29 is 4.79 Å². The molecule has 0 bridgehead atoms. The number of carbonyl (C=O) groups excluding carboxylic acids is 1. The molecule has 0 spiro atoms. The van der Waals surface area contributed by atoms with Gasteiger partial charge in [0.25, 0.3) is 0 Å². The number of hydrogen-bond donors (Lipinski definition) is 2. The smallest absolute Gasteiger partial charge is 0.223 e. The van der Waals surface area contributed by atoms with Gasteiger partial charge in [0.2, 0.25) is 5.91 Å². The summed E-state index contributed by atoms with van der Waals surface area (Å²) in [6.07, 6.45) is 6.96. The summed E-state index contributed by atoms with van der Waals surface area (Å²) in [5, 5.41) is 2.96. The van der Waals surface area contributed by atoms with Gasteiger partial charge in [-0.2, -0.15) is 0 Å². The minimum Gasteiger partial charge on any atom is -0.350 e. The molecule has 3 rings (SSSR count). The summed E-state index contributed by atoms with van der Waals surface area (Å²) < 4.78 is 0. The Kier molecular flexibility index (Phi) is 2.01. The van der Waals surface area contributed by atoms with E-state index < -0.39 is 0 Å². The van der Waals surface area contributed by atoms with Crippen LogP contribution in [0.5, 0.6) is 0 Å². The Hall–Kier alpha value is -1.32. The van der Waals surface area contributed by atoms with Crippen molar-refractivity contribution in [3.05, 3.63) is 18.2 Å². The van der Waals surface area contributed by atoms with Crippen molar-refractivity contribution in [1.82, 2.24) is 15.3 Å². The van der Waals surface area contributed by atoms with Crippen LogP contribution in [0.4, 0.5) is 0 Å². The lowest BCUT2D eigenvalue weighted by molar-refractivity contribution is -0.125. The third-order valence-corrected chi connectivity index (χ3v) is 3.62. The molecular weight excluding hydrogens is 190 g/mol. The molecule has 2 atom stereocenters. The second kappa shape index (κ2) is 3.36. The lowest BCUT2D eigenvalue weighted by Gasteiger charge is -2.11. The molecule has 1 aromatic rings. The van der Waals surface area contributed by atoms with E-state index in [1.54, 1.807) is 12.5 Å². The van der Waals surface area contributed by atoms with Crippen molar-refractivity contribution in [3.8, 4) is 0 Å². The van der Waals surface area contributed by atoms with Gasteiger partial charge in [-0.05, 0) is 31.1 Å². The largest absolute Gasteiger partial charge is 0.350 e. The second-order valence-electron chi connectivity index (χ2n) is 4.72. The number of imidazole rings is 1. The van der Waals surface area contributed by atoms with Crippen LogP contribution in [0.25, 0.3) is 0 Å². The number of carbonyl (C=O) groups is 1. The maximum Gasteiger partial charge on any atom is 0.223 e. The fourth-order valence-electron chi connectivity index (χ4n) is 2.64. The molecule has 4 heteroatoms. The van der Waals surface area contributed by atoms with Gasteiger partial charge in [0.05, 0.1) is 18.6 Å². The second-order valence-corrected chi connectivity index (χ2v) is 4.72. The molecule has 15 heavy (non-hydrogen) atoms. The SMILES string of the molecule is O=C(NCc1cnc[nH]1)C1CC2CC2C1. The average Bonchev–Trinajstić information content (AvgIpc) is 2.75. The molecule has 2 aliphatic rings. The van der Waals surface area contributed by atoms with Gasteiger partial charge >= 0.3 is 0 Å². The molecule has 2 unspecified atom stereocenters. The summed E-state index contributed by atoms with van der Waals surface area (Å²) in [6, 6.07) is 0. The summed E-state index contributed by atoms with van der Waals surface area (Å²) in [4.78, 5) is 18.6. The molecule has 1 amide bonds. The number of aromatic amines is 1. The molecule has 80 valence electrons. The van der Waals surface area contributed by atoms with Crippen LogP contribution in [0.2, 0.25) is 0 Å². The van der Waals surface area contributed by atoms with E-state index in [4.69, 9.17) is 0 Å². The van der Waals surface area contributed by atoms with Crippen LogP contribution >= 0.6 is 0 Å². The van der Waals surface area contributed by atoms with Crippen LogP contribution in [-0.2, 0) is 11.3 Å². The minimum atomic E-state index is 0.219. The normalized spacial score (nSPS) is 32.4. The van der Waals surface area contributed by atoms with Gasteiger partial charge in [-0.25, -0.2) is 4.98 Å². The van der Waals surface area contributed by atoms with Crippen molar-refractivity contribution in [1.29, 1.82) is 0 Å². The molecule has 2 N–H and O–H groups in total. The van der Waals surface area contributed by atoms with E-state index in [0.717, 1.165) is 30.4 Å². The number of rotatable bonds is 3. The standard InChI is InChI=1S/C11H15N3O/c15-11(9-2-7-1-8(7)3-9)13-5-10-4-12-6-14-10/h4,6-9H,1-3,5H2,(H,12,14)(H,13,15). The van der Waals surface area contributed by atoms with Gasteiger partial charge in [-0.15, -0.1) is 0 Å². The first-order valence-corrected chi connectivity index (χ1v) is 5.58. The summed E-state index contributed by atoms with van der Waals surface area (Å²) in [5.41, 5.74) is 0.964. The van der Waals surface area contributed by atoms with Crippen LogP contribution < -0.4 is 5.32 Å². The van der Waals surface area contributed by atoms with E-state index in [-0.39, 0.29) is 11.8 Å². The van der Waals surface area contributed by atoms with Crippen LogP contribution in [-0.4, -0.2) is 15.9 Å². The van der Waals surface area contributed by atoms with E-state index >= 15 is 0 Å². The van der Waals surface area contributed by atoms with Crippen molar-refractivity contribution in [2.75, 3.05) is 0 Å². The van der Waals surface area contributed by atoms with Crippen LogP contribution in [0.15, 0.2) is 12.5 Å². The van der Waals surface area contributed by atoms with Crippen molar-refractivity contribution in [2.45, 2.75) is 25.8 Å². The Morgan fingerprint density at radius 2 is 2.27 bits per heavy atom. The predicted molar refractivity (Wildman–Crippen MR) is 54.8 cm³/mol. The molecule has 1 heterocycles. The molecule has 1 aromatic heterocycles. The first-order chi connectivity index (χ1) is 7.33. The van der Waals surface area contributed by atoms with E-state index in [2.05, 4.69) is 15.3 Å². The Bertz CT molecular complexity index is 350. The number of aromatic nitrogens is 2. The molecule has 2 fully saturated rings. The first-order valence-electron chi connectivity index (χ1n) is 5.58. The first kappa shape index (κ1) is 8.95. The lowest BCUT2D eigenvalue weighted by Crippen LogP contribution is -2.29. The number of nitrogens with one attached hydrogen (secondary N) is 2. The van der Waals surface area contributed by atoms with E-state index in [0.29, 0.717) is 6.54 Å². The molecule has 0 aliphatic heterocycles. The number of nitrogens with zero attached hydrogens (tertiary/aromatic N) is 1. The number of amides is 1. The van der Waals surface area contributed by atoms with Gasteiger partial charge in [-0.3, -0.25) is 4.79 Å². The summed E-state index contributed by atoms with van der Waals surface area (Å²) >= 11 is 0. The fraction of sp³-hybridized carbons (Fsp3) is 0.636. The van der Waals surface area contributed by atoms with E-state index in [1.807, 2.05) is 0 Å². The molecular formula is C11H15N3O. The highest BCUT2D eigenvalue weighted by Crippen LogP contribution is 2.54. The Morgan fingerprint density at radius 3 is 2.93 bits per heavy atom. The average molecular weight is 205 g/mol. The van der Waals surface area contributed by atoms with Gasteiger partial charge in [0, 0.05) is 12.1 Å². The number of fused-ring (bicyclic) bond motifs is 1. The molecule has 0 aromatic carbocycles. The predicted octanol–water partition coefficient (Wildman–Crippen LogP) is 1.07.